The van der Waals surface area contributed by atoms with E-state index in [-0.39, 0.29) is 18.2 Å². The van der Waals surface area contributed by atoms with Crippen LogP contribution in [0.4, 0.5) is 11.4 Å². The van der Waals surface area contributed by atoms with Crippen molar-refractivity contribution >= 4 is 35.1 Å². The Labute approximate surface area is 193 Å². The number of anilines is 2. The summed E-state index contributed by atoms with van der Waals surface area (Å²) in [7, 11) is 0. The molecule has 0 radical (unpaired) electrons. The topological polar surface area (TPSA) is 105 Å². The Kier molecular flexibility index (Phi) is 8.18. The van der Waals surface area contributed by atoms with E-state index in [9.17, 15) is 19.2 Å². The summed E-state index contributed by atoms with van der Waals surface area (Å²) < 4.78 is 5.09. The molecule has 0 unspecified atom stereocenters. The summed E-state index contributed by atoms with van der Waals surface area (Å²) in [4.78, 5) is 50.4. The molecule has 174 valence electrons. The maximum absolute atomic E-state index is 12.4. The van der Waals surface area contributed by atoms with Crippen molar-refractivity contribution < 1.29 is 23.9 Å². The molecule has 1 heterocycles. The second-order valence-corrected chi connectivity index (χ2v) is 8.35. The Balaban J connectivity index is 1.48. The van der Waals surface area contributed by atoms with Crippen LogP contribution in [0.1, 0.15) is 42.6 Å². The van der Waals surface area contributed by atoms with Gasteiger partial charge < -0.3 is 20.3 Å². The van der Waals surface area contributed by atoms with Crippen LogP contribution in [0.2, 0.25) is 0 Å². The molecule has 1 aliphatic heterocycles. The van der Waals surface area contributed by atoms with E-state index in [2.05, 4.69) is 10.6 Å². The minimum absolute atomic E-state index is 0.00962. The van der Waals surface area contributed by atoms with Crippen LogP contribution in [0.25, 0.3) is 0 Å². The van der Waals surface area contributed by atoms with E-state index in [1.54, 1.807) is 53.4 Å². The third kappa shape index (κ3) is 6.90. The highest BCUT2D eigenvalue weighted by Gasteiger charge is 2.21. The molecule has 3 amide bonds. The lowest BCUT2D eigenvalue weighted by atomic mass is 10.1. The molecule has 8 heteroatoms. The van der Waals surface area contributed by atoms with E-state index in [1.165, 1.54) is 0 Å². The van der Waals surface area contributed by atoms with Gasteiger partial charge in [-0.05, 0) is 42.2 Å². The van der Waals surface area contributed by atoms with Gasteiger partial charge in [0.1, 0.15) is 0 Å². The summed E-state index contributed by atoms with van der Waals surface area (Å²) in [6.07, 6.45) is 1.42. The van der Waals surface area contributed by atoms with Crippen molar-refractivity contribution in [2.24, 2.45) is 5.92 Å². The molecule has 0 spiro atoms. The lowest BCUT2D eigenvalue weighted by Gasteiger charge is -2.15. The normalized spacial score (nSPS) is 13.2. The van der Waals surface area contributed by atoms with E-state index < -0.39 is 18.5 Å². The maximum atomic E-state index is 12.4. The van der Waals surface area contributed by atoms with Gasteiger partial charge in [0.15, 0.2) is 6.61 Å². The average Bonchev–Trinajstić information content (AvgIpc) is 3.23. The van der Waals surface area contributed by atoms with Crippen LogP contribution in [0.3, 0.4) is 0 Å². The van der Waals surface area contributed by atoms with Gasteiger partial charge in [-0.3, -0.25) is 19.2 Å². The zero-order chi connectivity index (χ0) is 23.8. The monoisotopic (exact) mass is 451 g/mol. The molecule has 8 nitrogen and oxygen atoms in total. The van der Waals surface area contributed by atoms with Crippen LogP contribution in [-0.2, 0) is 25.5 Å². The van der Waals surface area contributed by atoms with Gasteiger partial charge in [-0.15, -0.1) is 0 Å². The molecule has 1 saturated heterocycles. The highest BCUT2D eigenvalue weighted by molar-refractivity contribution is 6.04. The fraction of sp³-hybridized carbons (Fsp3) is 0.360. The number of carbonyl (C=O) groups is 4. The Morgan fingerprint density at radius 1 is 1.06 bits per heavy atom. The van der Waals surface area contributed by atoms with Crippen LogP contribution in [0.5, 0.6) is 0 Å². The van der Waals surface area contributed by atoms with Gasteiger partial charge >= 0.3 is 5.97 Å². The van der Waals surface area contributed by atoms with Crippen LogP contribution in [0.15, 0.2) is 48.5 Å². The third-order valence-electron chi connectivity index (χ3n) is 5.15. The molecule has 2 aromatic carbocycles. The molecular weight excluding hydrogens is 422 g/mol. The lowest BCUT2D eigenvalue weighted by molar-refractivity contribution is -0.146. The first-order chi connectivity index (χ1) is 15.8. The number of rotatable bonds is 9. The number of benzene rings is 2. The van der Waals surface area contributed by atoms with E-state index in [4.69, 9.17) is 4.74 Å². The van der Waals surface area contributed by atoms with Crippen molar-refractivity contribution in [3.8, 4) is 0 Å². The minimum Gasteiger partial charge on any atom is -0.455 e. The molecule has 1 aliphatic rings. The summed E-state index contributed by atoms with van der Waals surface area (Å²) in [5.74, 6) is -0.953. The highest BCUT2D eigenvalue weighted by atomic mass is 16.5. The number of para-hydroxylation sites is 1. The summed E-state index contributed by atoms with van der Waals surface area (Å²) in [6.45, 7) is 4.75. The zero-order valence-electron chi connectivity index (χ0n) is 18.9. The first kappa shape index (κ1) is 24.0. The third-order valence-corrected chi connectivity index (χ3v) is 5.15. The van der Waals surface area contributed by atoms with Gasteiger partial charge in [-0.2, -0.15) is 0 Å². The molecule has 0 aromatic heterocycles. The molecule has 0 bridgehead atoms. The van der Waals surface area contributed by atoms with Crippen LogP contribution < -0.4 is 15.5 Å². The van der Waals surface area contributed by atoms with Gasteiger partial charge in [0.2, 0.25) is 5.91 Å². The predicted molar refractivity (Wildman–Crippen MR) is 125 cm³/mol. The number of hydrogen-bond donors (Lipinski definition) is 2. The number of ether oxygens (including phenoxy) is 1. The Hall–Kier alpha value is -3.68. The van der Waals surface area contributed by atoms with Gasteiger partial charge in [0.25, 0.3) is 11.8 Å². The summed E-state index contributed by atoms with van der Waals surface area (Å²) in [5, 5.41) is 5.44. The smallest absolute Gasteiger partial charge is 0.310 e. The van der Waals surface area contributed by atoms with Crippen molar-refractivity contribution in [1.82, 2.24) is 5.32 Å². The number of nitrogens with one attached hydrogen (secondary N) is 2. The maximum Gasteiger partial charge on any atom is 0.310 e. The minimum atomic E-state index is -0.543. The second-order valence-electron chi connectivity index (χ2n) is 8.35. The Bertz CT molecular complexity index is 1020. The van der Waals surface area contributed by atoms with E-state index in [0.29, 0.717) is 36.7 Å². The van der Waals surface area contributed by atoms with Gasteiger partial charge in [0, 0.05) is 25.2 Å². The van der Waals surface area contributed by atoms with Crippen LogP contribution in [0, 0.1) is 5.92 Å². The number of carbonyl (C=O) groups excluding carboxylic acids is 4. The summed E-state index contributed by atoms with van der Waals surface area (Å²) in [5.41, 5.74) is 2.23. The van der Waals surface area contributed by atoms with Gasteiger partial charge in [0.05, 0.1) is 17.7 Å². The van der Waals surface area contributed by atoms with Gasteiger partial charge in [-0.1, -0.05) is 38.1 Å². The largest absolute Gasteiger partial charge is 0.455 e. The van der Waals surface area contributed by atoms with Crippen molar-refractivity contribution in [3.05, 3.63) is 59.7 Å². The predicted octanol–water partition coefficient (Wildman–Crippen LogP) is 2.92. The van der Waals surface area contributed by atoms with Crippen molar-refractivity contribution in [3.63, 3.8) is 0 Å². The number of hydrogen-bond acceptors (Lipinski definition) is 5. The Morgan fingerprint density at radius 2 is 1.79 bits per heavy atom. The van der Waals surface area contributed by atoms with Crippen molar-refractivity contribution in [1.29, 1.82) is 0 Å². The standard InChI is InChI=1S/C25H29N3O5/c1-17(2)15-26-25(32)20-6-3-4-7-21(20)27-22(29)16-33-24(31)14-18-9-11-19(12-10-18)28-13-5-8-23(28)30/h3-4,6-7,9-12,17H,5,8,13-16H2,1-2H3,(H,26,32)(H,27,29). The number of amides is 3. The summed E-state index contributed by atoms with van der Waals surface area (Å²) in [6, 6.07) is 13.8. The molecule has 0 atom stereocenters. The molecule has 2 N–H and O–H groups in total. The van der Waals surface area contributed by atoms with Crippen LogP contribution in [-0.4, -0.2) is 43.4 Å². The van der Waals surface area contributed by atoms with Crippen molar-refractivity contribution in [2.75, 3.05) is 29.9 Å². The fourth-order valence-corrected chi connectivity index (χ4v) is 3.45. The van der Waals surface area contributed by atoms with Crippen LogP contribution >= 0.6 is 0 Å². The number of nitrogens with zero attached hydrogens (tertiary/aromatic N) is 1. The Morgan fingerprint density at radius 3 is 2.45 bits per heavy atom. The molecule has 1 fully saturated rings. The first-order valence-corrected chi connectivity index (χ1v) is 11.1. The summed E-state index contributed by atoms with van der Waals surface area (Å²) >= 11 is 0. The number of esters is 1. The highest BCUT2D eigenvalue weighted by Crippen LogP contribution is 2.22. The van der Waals surface area contributed by atoms with E-state index >= 15 is 0 Å². The zero-order valence-corrected chi connectivity index (χ0v) is 18.9. The quantitative estimate of drug-likeness (QED) is 0.571. The molecule has 2 aromatic rings. The van der Waals surface area contributed by atoms with Gasteiger partial charge in [-0.25, -0.2) is 0 Å². The SMILES string of the molecule is CC(C)CNC(=O)c1ccccc1NC(=O)COC(=O)Cc1ccc(N2CCCC2=O)cc1. The first-order valence-electron chi connectivity index (χ1n) is 11.1. The fourth-order valence-electron chi connectivity index (χ4n) is 3.45. The molecule has 0 saturated carbocycles. The average molecular weight is 452 g/mol. The molecule has 0 aliphatic carbocycles. The molecule has 33 heavy (non-hydrogen) atoms. The second kappa shape index (κ2) is 11.3. The van der Waals surface area contributed by atoms with E-state index in [1.807, 2.05) is 13.8 Å². The van der Waals surface area contributed by atoms with E-state index in [0.717, 1.165) is 17.7 Å². The van der Waals surface area contributed by atoms with Crippen molar-refractivity contribution in [2.45, 2.75) is 33.1 Å². The molecular formula is C25H29N3O5. The molecule has 3 rings (SSSR count). The lowest BCUT2D eigenvalue weighted by Crippen LogP contribution is -2.29.